The fourth-order valence-corrected chi connectivity index (χ4v) is 2.96. The molecule has 1 saturated carbocycles. The minimum atomic E-state index is -3.09. The first-order valence-corrected chi connectivity index (χ1v) is 7.96. The first kappa shape index (κ1) is 12.8. The van der Waals surface area contributed by atoms with E-state index in [1.165, 1.54) is 6.26 Å². The zero-order valence-corrected chi connectivity index (χ0v) is 11.8. The molecule has 0 bridgehead atoms. The van der Waals surface area contributed by atoms with Crippen LogP contribution in [0, 0.1) is 0 Å². The molecule has 0 saturated heterocycles. The molecular weight excluding hydrogens is 306 g/mol. The standard InChI is InChI=1S/C10H14BrN3O2S/c1-17(15,16)14-9-5-8(6-9)13-10-4-7(11)2-3-12-10/h2-4,8-9,14H,5-6H2,1H3,(H,12,13). The lowest BCUT2D eigenvalue weighted by Gasteiger charge is -2.36. The van der Waals surface area contributed by atoms with E-state index >= 15 is 0 Å². The molecular formula is C10H14BrN3O2S. The average molecular weight is 320 g/mol. The summed E-state index contributed by atoms with van der Waals surface area (Å²) in [7, 11) is -3.09. The predicted molar refractivity (Wildman–Crippen MR) is 70.3 cm³/mol. The van der Waals surface area contributed by atoms with Gasteiger partial charge in [0.2, 0.25) is 10.0 Å². The Kier molecular flexibility index (Phi) is 3.70. The van der Waals surface area contributed by atoms with Crippen molar-refractivity contribution in [2.24, 2.45) is 0 Å². The molecule has 1 fully saturated rings. The molecule has 0 radical (unpaired) electrons. The van der Waals surface area contributed by atoms with Crippen molar-refractivity contribution in [1.82, 2.24) is 9.71 Å². The van der Waals surface area contributed by atoms with Crippen molar-refractivity contribution >= 4 is 31.8 Å². The number of hydrogen-bond donors (Lipinski definition) is 2. The number of halogens is 1. The summed E-state index contributed by atoms with van der Waals surface area (Å²) < 4.78 is 25.5. The van der Waals surface area contributed by atoms with Crippen molar-refractivity contribution in [3.8, 4) is 0 Å². The highest BCUT2D eigenvalue weighted by atomic mass is 79.9. The van der Waals surface area contributed by atoms with Crippen molar-refractivity contribution in [2.45, 2.75) is 24.9 Å². The molecule has 1 aromatic rings. The molecule has 1 aliphatic carbocycles. The maximum absolute atomic E-state index is 11.0. The van der Waals surface area contributed by atoms with Crippen molar-refractivity contribution in [2.75, 3.05) is 11.6 Å². The van der Waals surface area contributed by atoms with Gasteiger partial charge in [0, 0.05) is 22.8 Å². The first-order valence-electron chi connectivity index (χ1n) is 5.28. The lowest BCUT2D eigenvalue weighted by Crippen LogP contribution is -2.49. The summed E-state index contributed by atoms with van der Waals surface area (Å²) >= 11 is 3.37. The maximum Gasteiger partial charge on any atom is 0.208 e. The molecule has 1 heterocycles. The van der Waals surface area contributed by atoms with Crippen LogP contribution in [0.5, 0.6) is 0 Å². The molecule has 1 aliphatic rings. The van der Waals surface area contributed by atoms with Crippen LogP contribution in [0.1, 0.15) is 12.8 Å². The SMILES string of the molecule is CS(=O)(=O)NC1CC(Nc2cc(Br)ccn2)C1. The Bertz CT molecular complexity index is 500. The van der Waals surface area contributed by atoms with Crippen LogP contribution in [0.3, 0.4) is 0 Å². The van der Waals surface area contributed by atoms with Gasteiger partial charge in [-0.1, -0.05) is 15.9 Å². The number of sulfonamides is 1. The number of hydrogen-bond acceptors (Lipinski definition) is 4. The second-order valence-corrected chi connectivity index (χ2v) is 6.95. The second-order valence-electron chi connectivity index (χ2n) is 4.26. The van der Waals surface area contributed by atoms with Crippen LogP contribution in [-0.4, -0.2) is 31.7 Å². The predicted octanol–water partition coefficient (Wildman–Crippen LogP) is 1.34. The zero-order chi connectivity index (χ0) is 12.5. The van der Waals surface area contributed by atoms with Crippen LogP contribution in [0.2, 0.25) is 0 Å². The molecule has 0 aromatic carbocycles. The lowest BCUT2D eigenvalue weighted by molar-refractivity contribution is 0.346. The molecule has 2 rings (SSSR count). The van der Waals surface area contributed by atoms with Gasteiger partial charge in [0.05, 0.1) is 6.26 Å². The molecule has 0 amide bonds. The number of nitrogens with zero attached hydrogens (tertiary/aromatic N) is 1. The zero-order valence-electron chi connectivity index (χ0n) is 9.35. The third-order valence-corrected chi connectivity index (χ3v) is 3.85. The molecule has 17 heavy (non-hydrogen) atoms. The molecule has 0 aliphatic heterocycles. The minimum Gasteiger partial charge on any atom is -0.367 e. The molecule has 5 nitrogen and oxygen atoms in total. The fraction of sp³-hybridized carbons (Fsp3) is 0.500. The summed E-state index contributed by atoms with van der Waals surface area (Å²) in [5, 5.41) is 3.26. The third-order valence-electron chi connectivity index (χ3n) is 2.59. The van der Waals surface area contributed by atoms with Crippen LogP contribution in [0.4, 0.5) is 5.82 Å². The van der Waals surface area contributed by atoms with Crippen molar-refractivity contribution in [3.63, 3.8) is 0 Å². The Hall–Kier alpha value is -0.660. The smallest absolute Gasteiger partial charge is 0.208 e. The van der Waals surface area contributed by atoms with Crippen molar-refractivity contribution in [3.05, 3.63) is 22.8 Å². The van der Waals surface area contributed by atoms with Gasteiger partial charge in [0.15, 0.2) is 0 Å². The molecule has 0 unspecified atom stereocenters. The number of nitrogens with one attached hydrogen (secondary N) is 2. The Balaban J connectivity index is 1.81. The van der Waals surface area contributed by atoms with Gasteiger partial charge in [-0.25, -0.2) is 18.1 Å². The van der Waals surface area contributed by atoms with Crippen LogP contribution in [0.25, 0.3) is 0 Å². The van der Waals surface area contributed by atoms with E-state index in [0.29, 0.717) is 0 Å². The lowest BCUT2D eigenvalue weighted by atomic mass is 9.88. The van der Waals surface area contributed by atoms with E-state index in [4.69, 9.17) is 0 Å². The summed E-state index contributed by atoms with van der Waals surface area (Å²) in [6.07, 6.45) is 4.49. The van der Waals surface area contributed by atoms with Gasteiger partial charge in [-0.15, -0.1) is 0 Å². The fourth-order valence-electron chi connectivity index (χ4n) is 1.83. The minimum absolute atomic E-state index is 0.0506. The van der Waals surface area contributed by atoms with Gasteiger partial charge in [0.1, 0.15) is 5.82 Å². The van der Waals surface area contributed by atoms with E-state index in [-0.39, 0.29) is 12.1 Å². The van der Waals surface area contributed by atoms with Crippen LogP contribution in [-0.2, 0) is 10.0 Å². The highest BCUT2D eigenvalue weighted by Crippen LogP contribution is 2.24. The van der Waals surface area contributed by atoms with Crippen LogP contribution < -0.4 is 10.0 Å². The van der Waals surface area contributed by atoms with Crippen molar-refractivity contribution < 1.29 is 8.42 Å². The molecule has 2 N–H and O–H groups in total. The largest absolute Gasteiger partial charge is 0.367 e. The van der Waals surface area contributed by atoms with E-state index in [0.717, 1.165) is 23.1 Å². The van der Waals surface area contributed by atoms with Gasteiger partial charge in [-0.2, -0.15) is 0 Å². The number of anilines is 1. The van der Waals surface area contributed by atoms with Crippen LogP contribution >= 0.6 is 15.9 Å². The van der Waals surface area contributed by atoms with Crippen molar-refractivity contribution in [1.29, 1.82) is 0 Å². The average Bonchev–Trinajstić information content (AvgIpc) is 2.12. The summed E-state index contributed by atoms with van der Waals surface area (Å²) in [4.78, 5) is 4.18. The summed E-state index contributed by atoms with van der Waals surface area (Å²) in [5.41, 5.74) is 0. The summed E-state index contributed by atoms with van der Waals surface area (Å²) in [5.74, 6) is 0.808. The van der Waals surface area contributed by atoms with Gasteiger partial charge in [-0.3, -0.25) is 0 Å². The highest BCUT2D eigenvalue weighted by molar-refractivity contribution is 9.10. The van der Waals surface area contributed by atoms with E-state index in [2.05, 4.69) is 31.0 Å². The summed E-state index contributed by atoms with van der Waals surface area (Å²) in [6.45, 7) is 0. The highest BCUT2D eigenvalue weighted by Gasteiger charge is 2.31. The van der Waals surface area contributed by atoms with Crippen LogP contribution in [0.15, 0.2) is 22.8 Å². The molecule has 7 heteroatoms. The molecule has 0 spiro atoms. The van der Waals surface area contributed by atoms with E-state index < -0.39 is 10.0 Å². The Labute approximate surface area is 109 Å². The number of aromatic nitrogens is 1. The Morgan fingerprint density at radius 2 is 2.12 bits per heavy atom. The third kappa shape index (κ3) is 3.93. The van der Waals surface area contributed by atoms with E-state index in [9.17, 15) is 8.42 Å². The van der Waals surface area contributed by atoms with Gasteiger partial charge < -0.3 is 5.32 Å². The normalized spacial score (nSPS) is 24.1. The van der Waals surface area contributed by atoms with Gasteiger partial charge >= 0.3 is 0 Å². The van der Waals surface area contributed by atoms with Gasteiger partial charge in [-0.05, 0) is 25.0 Å². The van der Waals surface area contributed by atoms with E-state index in [1.54, 1.807) is 6.20 Å². The Morgan fingerprint density at radius 1 is 1.41 bits per heavy atom. The molecule has 94 valence electrons. The topological polar surface area (TPSA) is 71.1 Å². The monoisotopic (exact) mass is 319 g/mol. The van der Waals surface area contributed by atoms with Gasteiger partial charge in [0.25, 0.3) is 0 Å². The Morgan fingerprint density at radius 3 is 2.71 bits per heavy atom. The maximum atomic E-state index is 11.0. The number of pyridine rings is 1. The van der Waals surface area contributed by atoms with E-state index in [1.807, 2.05) is 12.1 Å². The first-order chi connectivity index (χ1) is 7.92. The molecule has 0 atom stereocenters. The number of rotatable bonds is 4. The summed E-state index contributed by atoms with van der Waals surface area (Å²) in [6, 6.07) is 4.10. The second kappa shape index (κ2) is 4.91. The molecule has 1 aromatic heterocycles. The quantitative estimate of drug-likeness (QED) is 0.878.